The van der Waals surface area contributed by atoms with Gasteiger partial charge in [0.05, 0.1) is 6.26 Å². The number of rotatable bonds is 4. The van der Waals surface area contributed by atoms with Gasteiger partial charge in [-0.2, -0.15) is 0 Å². The average molecular weight is 340 g/mol. The Balaban J connectivity index is 1.96. The molecule has 0 saturated carbocycles. The van der Waals surface area contributed by atoms with Crippen molar-refractivity contribution in [2.75, 3.05) is 24.1 Å². The van der Waals surface area contributed by atoms with Gasteiger partial charge in [0.25, 0.3) is 0 Å². The number of carbonyl (C=O) groups is 2. The molecule has 0 aromatic heterocycles. The highest BCUT2D eigenvalue weighted by Crippen LogP contribution is 2.12. The van der Waals surface area contributed by atoms with E-state index in [2.05, 4.69) is 15.4 Å². The lowest BCUT2D eigenvalue weighted by Gasteiger charge is -2.32. The Bertz CT molecular complexity index is 704. The number of nitrogens with one attached hydrogen (secondary N) is 3. The molecule has 0 spiro atoms. The van der Waals surface area contributed by atoms with E-state index in [4.69, 9.17) is 0 Å². The second kappa shape index (κ2) is 6.86. The topological polar surface area (TPSA) is 108 Å². The molecule has 3 amide bonds. The molecular weight excluding hydrogens is 320 g/mol. The van der Waals surface area contributed by atoms with Crippen molar-refractivity contribution in [3.63, 3.8) is 0 Å². The van der Waals surface area contributed by atoms with E-state index in [0.29, 0.717) is 18.8 Å². The predicted octanol–water partition coefficient (Wildman–Crippen LogP) is 0.0880. The summed E-state index contributed by atoms with van der Waals surface area (Å²) >= 11 is 0. The lowest BCUT2D eigenvalue weighted by Crippen LogP contribution is -2.58. The van der Waals surface area contributed by atoms with Gasteiger partial charge in [-0.15, -0.1) is 0 Å². The van der Waals surface area contributed by atoms with E-state index < -0.39 is 16.1 Å². The van der Waals surface area contributed by atoms with Gasteiger partial charge in [0, 0.05) is 25.3 Å². The Morgan fingerprint density at radius 1 is 1.43 bits per heavy atom. The number of nitrogens with zero attached hydrogens (tertiary/aromatic N) is 1. The van der Waals surface area contributed by atoms with E-state index >= 15 is 0 Å². The highest BCUT2D eigenvalue weighted by Gasteiger charge is 2.28. The first-order valence-electron chi connectivity index (χ1n) is 7.15. The van der Waals surface area contributed by atoms with Crippen LogP contribution in [0.4, 0.5) is 10.5 Å². The van der Waals surface area contributed by atoms with Gasteiger partial charge in [0.2, 0.25) is 15.9 Å². The fourth-order valence-corrected chi connectivity index (χ4v) is 2.85. The molecule has 1 aliphatic heterocycles. The molecule has 1 heterocycles. The van der Waals surface area contributed by atoms with Crippen molar-refractivity contribution in [1.82, 2.24) is 15.5 Å². The van der Waals surface area contributed by atoms with Crippen molar-refractivity contribution in [1.29, 1.82) is 0 Å². The minimum Gasteiger partial charge on any atom is -0.353 e. The number of amides is 3. The molecule has 1 aromatic rings. The summed E-state index contributed by atoms with van der Waals surface area (Å²) in [5.41, 5.74) is 1.19. The van der Waals surface area contributed by atoms with E-state index in [1.54, 1.807) is 31.2 Å². The summed E-state index contributed by atoms with van der Waals surface area (Å²) in [6.07, 6.45) is 1.07. The number of benzene rings is 1. The van der Waals surface area contributed by atoms with Crippen molar-refractivity contribution in [2.45, 2.75) is 19.5 Å². The van der Waals surface area contributed by atoms with Gasteiger partial charge in [-0.25, -0.2) is 13.2 Å². The number of hydrogen-bond acceptors (Lipinski definition) is 4. The van der Waals surface area contributed by atoms with Gasteiger partial charge in [-0.3, -0.25) is 9.52 Å². The fraction of sp³-hybridized carbons (Fsp3) is 0.429. The van der Waals surface area contributed by atoms with Gasteiger partial charge in [0.15, 0.2) is 0 Å². The zero-order valence-electron chi connectivity index (χ0n) is 13.0. The molecule has 1 unspecified atom stereocenters. The zero-order valence-corrected chi connectivity index (χ0v) is 13.8. The Labute approximate surface area is 135 Å². The predicted molar refractivity (Wildman–Crippen MR) is 86.3 cm³/mol. The monoisotopic (exact) mass is 340 g/mol. The van der Waals surface area contributed by atoms with Crippen LogP contribution in [0.3, 0.4) is 0 Å². The molecule has 1 atom stereocenters. The first-order valence-corrected chi connectivity index (χ1v) is 9.04. The number of sulfonamides is 1. The summed E-state index contributed by atoms with van der Waals surface area (Å²) in [5.74, 6) is -0.175. The largest absolute Gasteiger partial charge is 0.353 e. The fourth-order valence-electron chi connectivity index (χ4n) is 2.30. The molecule has 8 nitrogen and oxygen atoms in total. The lowest BCUT2D eigenvalue weighted by atomic mass is 10.2. The number of anilines is 1. The number of hydrogen-bond donors (Lipinski definition) is 3. The van der Waals surface area contributed by atoms with Crippen LogP contribution in [0.1, 0.15) is 12.5 Å². The van der Waals surface area contributed by atoms with E-state index in [-0.39, 0.29) is 18.5 Å². The van der Waals surface area contributed by atoms with Gasteiger partial charge in [0.1, 0.15) is 6.04 Å². The Morgan fingerprint density at radius 3 is 2.87 bits per heavy atom. The molecular formula is C14H20N4O4S. The van der Waals surface area contributed by atoms with Crippen molar-refractivity contribution >= 4 is 27.6 Å². The minimum absolute atomic E-state index is 0.175. The quantitative estimate of drug-likeness (QED) is 0.722. The van der Waals surface area contributed by atoms with Crippen molar-refractivity contribution in [3.8, 4) is 0 Å². The number of urea groups is 1. The van der Waals surface area contributed by atoms with Crippen molar-refractivity contribution < 1.29 is 18.0 Å². The molecule has 0 radical (unpaired) electrons. The summed E-state index contributed by atoms with van der Waals surface area (Å²) in [6.45, 7) is 2.80. The second-order valence-corrected chi connectivity index (χ2v) is 7.14. The van der Waals surface area contributed by atoms with Crippen LogP contribution < -0.4 is 15.4 Å². The smallest absolute Gasteiger partial charge is 0.318 e. The maximum absolute atomic E-state index is 12.2. The van der Waals surface area contributed by atoms with Gasteiger partial charge < -0.3 is 15.5 Å². The molecule has 0 aliphatic carbocycles. The minimum atomic E-state index is -3.35. The van der Waals surface area contributed by atoms with E-state index in [1.807, 2.05) is 0 Å². The highest BCUT2D eigenvalue weighted by atomic mass is 32.2. The van der Waals surface area contributed by atoms with Crippen LogP contribution >= 0.6 is 0 Å². The molecule has 1 aliphatic rings. The van der Waals surface area contributed by atoms with Crippen LogP contribution in [0.5, 0.6) is 0 Å². The summed E-state index contributed by atoms with van der Waals surface area (Å²) < 4.78 is 24.8. The summed E-state index contributed by atoms with van der Waals surface area (Å²) in [5, 5.41) is 5.43. The second-order valence-electron chi connectivity index (χ2n) is 5.39. The third-order valence-electron chi connectivity index (χ3n) is 3.43. The molecule has 3 N–H and O–H groups in total. The van der Waals surface area contributed by atoms with Crippen LogP contribution in [0.15, 0.2) is 24.3 Å². The van der Waals surface area contributed by atoms with Crippen molar-refractivity contribution in [2.24, 2.45) is 0 Å². The summed E-state index contributed by atoms with van der Waals surface area (Å²) in [6, 6.07) is 5.92. The first-order chi connectivity index (χ1) is 10.8. The molecule has 23 heavy (non-hydrogen) atoms. The molecule has 2 rings (SSSR count). The number of carbonyl (C=O) groups excluding carboxylic acids is 2. The SMILES string of the molecule is CC1C(=O)NCCN1C(=O)NCc1cccc(NS(C)(=O)=O)c1. The van der Waals surface area contributed by atoms with E-state index in [1.165, 1.54) is 4.90 Å². The third-order valence-corrected chi connectivity index (χ3v) is 4.04. The third kappa shape index (κ3) is 4.85. The molecule has 1 fully saturated rings. The van der Waals surface area contributed by atoms with Crippen LogP contribution in [0.25, 0.3) is 0 Å². The molecule has 1 aromatic carbocycles. The standard InChI is InChI=1S/C14H20N4O4S/c1-10-13(19)15-6-7-18(10)14(20)16-9-11-4-3-5-12(8-11)17-23(2,21)22/h3-5,8,10,17H,6-7,9H2,1-2H3,(H,15,19)(H,16,20). The van der Waals surface area contributed by atoms with E-state index in [0.717, 1.165) is 11.8 Å². The number of piperazine rings is 1. The molecule has 9 heteroatoms. The van der Waals surface area contributed by atoms with Crippen molar-refractivity contribution in [3.05, 3.63) is 29.8 Å². The van der Waals surface area contributed by atoms with Crippen LogP contribution in [0, 0.1) is 0 Å². The summed E-state index contributed by atoms with van der Waals surface area (Å²) in [4.78, 5) is 25.2. The van der Waals surface area contributed by atoms with Gasteiger partial charge in [-0.1, -0.05) is 12.1 Å². The lowest BCUT2D eigenvalue weighted by molar-refractivity contribution is -0.126. The van der Waals surface area contributed by atoms with Crippen LogP contribution in [0.2, 0.25) is 0 Å². The molecule has 126 valence electrons. The Morgan fingerprint density at radius 2 is 2.17 bits per heavy atom. The Kier molecular flexibility index (Phi) is 5.09. The van der Waals surface area contributed by atoms with Gasteiger partial charge >= 0.3 is 6.03 Å². The highest BCUT2D eigenvalue weighted by molar-refractivity contribution is 7.92. The zero-order chi connectivity index (χ0) is 17.0. The van der Waals surface area contributed by atoms with Crippen LogP contribution in [-0.2, 0) is 21.4 Å². The van der Waals surface area contributed by atoms with Crippen LogP contribution in [-0.4, -0.2) is 50.6 Å². The molecule has 1 saturated heterocycles. The summed E-state index contributed by atoms with van der Waals surface area (Å²) in [7, 11) is -3.35. The first kappa shape index (κ1) is 17.1. The van der Waals surface area contributed by atoms with E-state index in [9.17, 15) is 18.0 Å². The maximum atomic E-state index is 12.2. The average Bonchev–Trinajstić information content (AvgIpc) is 2.46. The Hall–Kier alpha value is -2.29. The maximum Gasteiger partial charge on any atom is 0.318 e. The molecule has 0 bridgehead atoms. The normalized spacial score (nSPS) is 18.3. The van der Waals surface area contributed by atoms with Gasteiger partial charge in [-0.05, 0) is 24.6 Å².